The fourth-order valence-corrected chi connectivity index (χ4v) is 5.29. The Hall–Kier alpha value is -3.76. The first-order valence-electron chi connectivity index (χ1n) is 10.9. The van der Waals surface area contributed by atoms with Crippen LogP contribution in [0, 0.1) is 0 Å². The van der Waals surface area contributed by atoms with E-state index in [4.69, 9.17) is 10.5 Å². The smallest absolute Gasteiger partial charge is 0.267 e. The van der Waals surface area contributed by atoms with Crippen molar-refractivity contribution in [1.82, 2.24) is 18.8 Å². The average Bonchev–Trinajstić information content (AvgIpc) is 2.83. The molecule has 4 rings (SSSR count). The summed E-state index contributed by atoms with van der Waals surface area (Å²) in [5, 5.41) is 0.340. The average molecular weight is 494 g/mol. The van der Waals surface area contributed by atoms with Crippen molar-refractivity contribution >= 4 is 26.9 Å². The Kier molecular flexibility index (Phi) is 6.12. The first-order chi connectivity index (χ1) is 16.4. The maximum atomic E-state index is 13.4. The zero-order valence-electron chi connectivity index (χ0n) is 20.2. The van der Waals surface area contributed by atoms with Gasteiger partial charge in [0.1, 0.15) is 4.90 Å². The van der Waals surface area contributed by atoms with Gasteiger partial charge in [-0.2, -0.15) is 4.31 Å². The fourth-order valence-electron chi connectivity index (χ4n) is 3.64. The third-order valence-electron chi connectivity index (χ3n) is 5.84. The van der Waals surface area contributed by atoms with Crippen LogP contribution in [0.15, 0.2) is 70.5 Å². The number of fused-ring (bicyclic) bond motifs is 1. The van der Waals surface area contributed by atoms with E-state index in [9.17, 15) is 13.2 Å². The van der Waals surface area contributed by atoms with Crippen molar-refractivity contribution in [3.63, 3.8) is 0 Å². The standard InChI is InChI=1S/C25H27N5O4S/c1-25(2,3)29(4)35(32,33)21-14-17(15-27-22(21)34-5)16-11-12-20-19(13-16)23(31)30(24(26)28-20)18-9-7-6-8-10-18/h6-15H,1-5H3,(H2,26,28). The predicted octanol–water partition coefficient (Wildman–Crippen LogP) is 3.46. The SMILES string of the molecule is COc1ncc(-c2ccc3nc(N)n(-c4ccccc4)c(=O)c3c2)cc1S(=O)(=O)N(C)C(C)(C)C. The fraction of sp³-hybridized carbons (Fsp3) is 0.240. The molecule has 0 atom stereocenters. The molecule has 9 nitrogen and oxygen atoms in total. The number of nitrogens with zero attached hydrogens (tertiary/aromatic N) is 4. The molecule has 0 saturated heterocycles. The highest BCUT2D eigenvalue weighted by Gasteiger charge is 2.33. The Morgan fingerprint density at radius 2 is 1.71 bits per heavy atom. The Labute approximate surface area is 203 Å². The van der Waals surface area contributed by atoms with Gasteiger partial charge < -0.3 is 10.5 Å². The van der Waals surface area contributed by atoms with E-state index in [0.717, 1.165) is 0 Å². The van der Waals surface area contributed by atoms with Crippen LogP contribution < -0.4 is 16.0 Å². The zero-order valence-corrected chi connectivity index (χ0v) is 21.0. The second-order valence-corrected chi connectivity index (χ2v) is 11.0. The minimum absolute atomic E-state index is 0.00786. The van der Waals surface area contributed by atoms with Crippen molar-refractivity contribution in [2.24, 2.45) is 0 Å². The van der Waals surface area contributed by atoms with Gasteiger partial charge in [-0.3, -0.25) is 4.79 Å². The quantitative estimate of drug-likeness (QED) is 0.452. The minimum Gasteiger partial charge on any atom is -0.480 e. The second kappa shape index (κ2) is 8.79. The summed E-state index contributed by atoms with van der Waals surface area (Å²) in [4.78, 5) is 21.9. The van der Waals surface area contributed by atoms with Crippen LogP contribution in [0.3, 0.4) is 0 Å². The summed E-state index contributed by atoms with van der Waals surface area (Å²) in [5.41, 5.74) is 7.25. The topological polar surface area (TPSA) is 120 Å². The van der Waals surface area contributed by atoms with Gasteiger partial charge in [-0.25, -0.2) is 23.0 Å². The van der Waals surface area contributed by atoms with Crippen LogP contribution in [0.5, 0.6) is 5.88 Å². The second-order valence-electron chi connectivity index (χ2n) is 9.05. The summed E-state index contributed by atoms with van der Waals surface area (Å²) >= 11 is 0. The molecule has 2 aromatic heterocycles. The van der Waals surface area contributed by atoms with Crippen LogP contribution in [0.4, 0.5) is 5.95 Å². The van der Waals surface area contributed by atoms with Gasteiger partial charge in [0.25, 0.3) is 5.56 Å². The summed E-state index contributed by atoms with van der Waals surface area (Å²) in [6.45, 7) is 5.40. The first kappa shape index (κ1) is 24.4. The third kappa shape index (κ3) is 4.38. The number of hydrogen-bond donors (Lipinski definition) is 1. The largest absolute Gasteiger partial charge is 0.480 e. The van der Waals surface area contributed by atoms with Gasteiger partial charge in [-0.05, 0) is 56.7 Å². The molecule has 0 aliphatic heterocycles. The Bertz CT molecular complexity index is 1580. The van der Waals surface area contributed by atoms with Crippen molar-refractivity contribution in [2.75, 3.05) is 19.9 Å². The Morgan fingerprint density at radius 1 is 1.03 bits per heavy atom. The Morgan fingerprint density at radius 3 is 2.34 bits per heavy atom. The number of benzene rings is 2. The number of nitrogens with two attached hydrogens (primary N) is 1. The molecule has 10 heteroatoms. The minimum atomic E-state index is -3.92. The van der Waals surface area contributed by atoms with E-state index in [1.165, 1.54) is 35.3 Å². The van der Waals surface area contributed by atoms with Gasteiger partial charge in [0.15, 0.2) is 0 Å². The molecule has 0 saturated carbocycles. The number of ether oxygens (including phenoxy) is 1. The Balaban J connectivity index is 1.90. The molecule has 0 unspecified atom stereocenters. The van der Waals surface area contributed by atoms with Crippen LogP contribution in [-0.2, 0) is 10.0 Å². The van der Waals surface area contributed by atoms with Gasteiger partial charge in [0, 0.05) is 24.3 Å². The van der Waals surface area contributed by atoms with E-state index in [1.807, 2.05) is 6.07 Å². The van der Waals surface area contributed by atoms with Crippen molar-refractivity contribution < 1.29 is 13.2 Å². The summed E-state index contributed by atoms with van der Waals surface area (Å²) in [7, 11) is -1.03. The van der Waals surface area contributed by atoms with Gasteiger partial charge in [-0.15, -0.1) is 0 Å². The van der Waals surface area contributed by atoms with Crippen molar-refractivity contribution in [2.45, 2.75) is 31.2 Å². The molecule has 4 aromatic rings. The summed E-state index contributed by atoms with van der Waals surface area (Å²) in [6.07, 6.45) is 1.51. The molecule has 2 aromatic carbocycles. The van der Waals surface area contributed by atoms with E-state index in [2.05, 4.69) is 9.97 Å². The summed E-state index contributed by atoms with van der Waals surface area (Å²) in [6, 6.07) is 15.6. The number of nitrogen functional groups attached to an aromatic ring is 1. The predicted molar refractivity (Wildman–Crippen MR) is 136 cm³/mol. The molecule has 0 aliphatic rings. The highest BCUT2D eigenvalue weighted by molar-refractivity contribution is 7.89. The van der Waals surface area contributed by atoms with Crippen LogP contribution >= 0.6 is 0 Å². The lowest BCUT2D eigenvalue weighted by atomic mass is 10.1. The van der Waals surface area contributed by atoms with Crippen LogP contribution in [0.1, 0.15) is 20.8 Å². The van der Waals surface area contributed by atoms with Gasteiger partial charge in [0.05, 0.1) is 23.7 Å². The number of sulfonamides is 1. The van der Waals surface area contributed by atoms with Gasteiger partial charge in [0.2, 0.25) is 21.9 Å². The molecule has 0 aliphatic carbocycles. The van der Waals surface area contributed by atoms with E-state index >= 15 is 0 Å². The number of methoxy groups -OCH3 is 1. The van der Waals surface area contributed by atoms with Crippen molar-refractivity contribution in [3.05, 3.63) is 71.1 Å². The lowest BCUT2D eigenvalue weighted by molar-refractivity contribution is 0.289. The van der Waals surface area contributed by atoms with Crippen LogP contribution in [0.25, 0.3) is 27.7 Å². The number of hydrogen-bond acceptors (Lipinski definition) is 7. The number of pyridine rings is 1. The molecule has 0 bridgehead atoms. The number of anilines is 1. The molecule has 0 radical (unpaired) electrons. The first-order valence-corrected chi connectivity index (χ1v) is 12.3. The van der Waals surface area contributed by atoms with E-state index in [-0.39, 0.29) is 22.3 Å². The molecular formula is C25H27N5O4S. The van der Waals surface area contributed by atoms with Crippen LogP contribution in [0.2, 0.25) is 0 Å². The van der Waals surface area contributed by atoms with Gasteiger partial charge in [-0.1, -0.05) is 24.3 Å². The normalized spacial score (nSPS) is 12.3. The molecule has 0 fully saturated rings. The van der Waals surface area contributed by atoms with Crippen molar-refractivity contribution in [1.29, 1.82) is 0 Å². The highest BCUT2D eigenvalue weighted by atomic mass is 32.2. The molecule has 2 heterocycles. The van der Waals surface area contributed by atoms with E-state index < -0.39 is 15.6 Å². The number of aromatic nitrogens is 3. The molecule has 0 spiro atoms. The monoisotopic (exact) mass is 493 g/mol. The lowest BCUT2D eigenvalue weighted by Gasteiger charge is -2.31. The van der Waals surface area contributed by atoms with E-state index in [0.29, 0.717) is 27.7 Å². The molecule has 182 valence electrons. The maximum Gasteiger partial charge on any atom is 0.267 e. The summed E-state index contributed by atoms with van der Waals surface area (Å²) in [5.74, 6) is 0.0673. The molecule has 0 amide bonds. The molecular weight excluding hydrogens is 466 g/mol. The molecule has 35 heavy (non-hydrogen) atoms. The maximum absolute atomic E-state index is 13.4. The van der Waals surface area contributed by atoms with Crippen molar-refractivity contribution in [3.8, 4) is 22.7 Å². The van der Waals surface area contributed by atoms with Gasteiger partial charge >= 0.3 is 0 Å². The third-order valence-corrected chi connectivity index (χ3v) is 7.95. The summed E-state index contributed by atoms with van der Waals surface area (Å²) < 4.78 is 34.6. The van der Waals surface area contributed by atoms with E-state index in [1.54, 1.807) is 63.2 Å². The number of para-hydroxylation sites is 1. The zero-order chi connectivity index (χ0) is 25.5. The number of rotatable bonds is 5. The lowest BCUT2D eigenvalue weighted by Crippen LogP contribution is -2.42. The molecule has 2 N–H and O–H groups in total. The van der Waals surface area contributed by atoms with Crippen LogP contribution in [-0.4, -0.2) is 47.0 Å². The highest BCUT2D eigenvalue weighted by Crippen LogP contribution is 2.32.